The number of aliphatic imine (C=N–C) groups is 1. The summed E-state index contributed by atoms with van der Waals surface area (Å²) in [5, 5.41) is 12.9. The molecular weight excluding hydrogens is 660 g/mol. The summed E-state index contributed by atoms with van der Waals surface area (Å²) in [6.07, 6.45) is 4.01. The van der Waals surface area contributed by atoms with Crippen LogP contribution >= 0.6 is 11.6 Å². The molecule has 51 heavy (non-hydrogen) atoms. The molecule has 0 unspecified atom stereocenters. The number of Topliss-reactive ketones (excluding diaryl/α,β-unsaturated/α-hetero) is 1. The zero-order valence-electron chi connectivity index (χ0n) is 30.0. The van der Waals surface area contributed by atoms with E-state index in [0.717, 1.165) is 81.2 Å². The number of fused-ring (bicyclic) bond motifs is 1. The third-order valence-electron chi connectivity index (χ3n) is 11.6. The number of halogens is 1. The number of piperidine rings is 1. The number of anilines is 2. The van der Waals surface area contributed by atoms with Crippen LogP contribution < -0.4 is 19.9 Å². The minimum Gasteiger partial charge on any atom is -0.489 e. The number of carbonyl (C=O) groups is 2. The summed E-state index contributed by atoms with van der Waals surface area (Å²) < 4.78 is 6.38. The highest BCUT2D eigenvalue weighted by molar-refractivity contribution is 6.31. The third-order valence-corrected chi connectivity index (χ3v) is 11.9. The quantitative estimate of drug-likeness (QED) is 0.286. The zero-order chi connectivity index (χ0) is 35.9. The molecular formula is C41H47ClN6O3. The van der Waals surface area contributed by atoms with E-state index in [1.54, 1.807) is 18.2 Å². The van der Waals surface area contributed by atoms with Gasteiger partial charge < -0.3 is 19.9 Å². The van der Waals surface area contributed by atoms with Crippen molar-refractivity contribution in [3.05, 3.63) is 87.9 Å². The highest BCUT2D eigenvalue weighted by Crippen LogP contribution is 2.55. The predicted molar refractivity (Wildman–Crippen MR) is 203 cm³/mol. The van der Waals surface area contributed by atoms with Gasteiger partial charge in [-0.3, -0.25) is 19.5 Å². The van der Waals surface area contributed by atoms with E-state index in [4.69, 9.17) is 16.3 Å². The van der Waals surface area contributed by atoms with E-state index < -0.39 is 0 Å². The van der Waals surface area contributed by atoms with Crippen LogP contribution in [0.15, 0.2) is 65.7 Å². The molecule has 0 atom stereocenters. The topological polar surface area (TPSA) is 101 Å². The zero-order valence-corrected chi connectivity index (χ0v) is 30.7. The van der Waals surface area contributed by atoms with Gasteiger partial charge >= 0.3 is 0 Å². The van der Waals surface area contributed by atoms with Crippen LogP contribution in [-0.2, 0) is 0 Å². The van der Waals surface area contributed by atoms with E-state index in [9.17, 15) is 14.9 Å². The van der Waals surface area contributed by atoms with Gasteiger partial charge in [0, 0.05) is 103 Å². The van der Waals surface area contributed by atoms with Crippen LogP contribution in [-0.4, -0.2) is 87.3 Å². The molecule has 1 amide bonds. The lowest BCUT2D eigenvalue weighted by Gasteiger charge is -2.63. The minimum atomic E-state index is -0.324. The number of ketones is 1. The molecule has 3 aromatic rings. The molecule has 9 nitrogen and oxygen atoms in total. The van der Waals surface area contributed by atoms with Gasteiger partial charge in [0.15, 0.2) is 5.78 Å². The fraction of sp³-hybridized carbons (Fsp3) is 0.463. The molecule has 3 aromatic carbocycles. The highest BCUT2D eigenvalue weighted by Gasteiger charge is 2.64. The lowest BCUT2D eigenvalue weighted by atomic mass is 9.49. The van der Waals surface area contributed by atoms with Gasteiger partial charge in [0.05, 0.1) is 10.6 Å². The molecule has 2 saturated heterocycles. The maximum absolute atomic E-state index is 13.5. The van der Waals surface area contributed by atoms with Crippen molar-refractivity contribution in [1.82, 2.24) is 10.2 Å². The first-order valence-electron chi connectivity index (χ1n) is 18.1. The monoisotopic (exact) mass is 706 g/mol. The second-order valence-corrected chi connectivity index (χ2v) is 16.1. The predicted octanol–water partition coefficient (Wildman–Crippen LogP) is 6.48. The van der Waals surface area contributed by atoms with E-state index in [0.29, 0.717) is 27.8 Å². The first-order valence-corrected chi connectivity index (χ1v) is 18.5. The normalized spacial score (nSPS) is 22.9. The lowest BCUT2D eigenvalue weighted by Crippen LogP contribution is -2.74. The number of hydrogen-bond donors (Lipinski definition) is 1. The van der Waals surface area contributed by atoms with Crippen molar-refractivity contribution >= 4 is 40.9 Å². The molecule has 4 aliphatic rings. The number of carbonyl (C=O) groups excluding carboxylic acids is 2. The van der Waals surface area contributed by atoms with Gasteiger partial charge in [-0.2, -0.15) is 5.26 Å². The van der Waals surface area contributed by atoms with Gasteiger partial charge in [-0.25, -0.2) is 0 Å². The number of benzene rings is 3. The van der Waals surface area contributed by atoms with E-state index in [1.165, 1.54) is 0 Å². The number of hydrogen-bond acceptors (Lipinski definition) is 8. The molecule has 1 aliphatic carbocycles. The number of amides is 1. The number of rotatable bonds is 8. The molecule has 3 heterocycles. The number of ether oxygens (including phenoxy) is 1. The maximum Gasteiger partial charge on any atom is 0.251 e. The Bertz CT molecular complexity index is 1850. The van der Waals surface area contributed by atoms with E-state index in [2.05, 4.69) is 77.0 Å². The van der Waals surface area contributed by atoms with Crippen molar-refractivity contribution < 1.29 is 14.3 Å². The van der Waals surface area contributed by atoms with Crippen LogP contribution in [0.25, 0.3) is 0 Å². The molecule has 3 aliphatic heterocycles. The van der Waals surface area contributed by atoms with Crippen molar-refractivity contribution in [2.75, 3.05) is 62.2 Å². The summed E-state index contributed by atoms with van der Waals surface area (Å²) in [4.78, 5) is 37.5. The Morgan fingerprint density at radius 2 is 1.67 bits per heavy atom. The van der Waals surface area contributed by atoms with E-state index >= 15 is 0 Å². The Morgan fingerprint density at radius 1 is 0.961 bits per heavy atom. The summed E-state index contributed by atoms with van der Waals surface area (Å²) in [6.45, 7) is 15.8. The van der Waals surface area contributed by atoms with Crippen LogP contribution in [0, 0.1) is 28.1 Å². The van der Waals surface area contributed by atoms with Crippen LogP contribution in [0.3, 0.4) is 0 Å². The van der Waals surface area contributed by atoms with Crippen LogP contribution in [0.4, 0.5) is 11.4 Å². The number of nitrogens with one attached hydrogen (secondary N) is 1. The first-order chi connectivity index (χ1) is 24.4. The smallest absolute Gasteiger partial charge is 0.251 e. The largest absolute Gasteiger partial charge is 0.489 e. The number of nitriles is 1. The molecule has 266 valence electrons. The summed E-state index contributed by atoms with van der Waals surface area (Å²) >= 11 is 6.25. The summed E-state index contributed by atoms with van der Waals surface area (Å²) in [5.74, 6) is 1.31. The third kappa shape index (κ3) is 6.84. The molecule has 0 bridgehead atoms. The Kier molecular flexibility index (Phi) is 9.59. The van der Waals surface area contributed by atoms with Gasteiger partial charge in [0.1, 0.15) is 24.5 Å². The number of piperazine rings is 1. The second-order valence-electron chi connectivity index (χ2n) is 15.7. The fourth-order valence-electron chi connectivity index (χ4n) is 9.06. The Morgan fingerprint density at radius 3 is 2.33 bits per heavy atom. The van der Waals surface area contributed by atoms with Crippen LogP contribution in [0.5, 0.6) is 5.75 Å². The Labute approximate surface area is 306 Å². The molecule has 10 heteroatoms. The second kappa shape index (κ2) is 14.0. The SMILES string of the molecule is CC1(C)C(NC(=O)c2ccc(N3CCC(CN4CCN(c5cccc6c5C=NCC6=O)CC4)CC3)cc2)C(C)(C)C1Oc1ccc(C#N)c(Cl)c1. The van der Waals surface area contributed by atoms with Crippen molar-refractivity contribution in [1.29, 1.82) is 5.26 Å². The molecule has 0 spiro atoms. The summed E-state index contributed by atoms with van der Waals surface area (Å²) in [6, 6.07) is 21.2. The van der Waals surface area contributed by atoms with Gasteiger partial charge in [-0.15, -0.1) is 0 Å². The summed E-state index contributed by atoms with van der Waals surface area (Å²) in [5.41, 5.74) is 4.47. The van der Waals surface area contributed by atoms with Crippen molar-refractivity contribution in [2.45, 2.75) is 52.7 Å². The van der Waals surface area contributed by atoms with Crippen molar-refractivity contribution in [3.8, 4) is 11.8 Å². The lowest BCUT2D eigenvalue weighted by molar-refractivity contribution is -0.164. The van der Waals surface area contributed by atoms with Gasteiger partial charge in [-0.1, -0.05) is 51.4 Å². The van der Waals surface area contributed by atoms with Gasteiger partial charge in [-0.05, 0) is 61.2 Å². The molecule has 1 saturated carbocycles. The average Bonchev–Trinajstić information content (AvgIpc) is 3.13. The van der Waals surface area contributed by atoms with E-state index in [-0.39, 0.29) is 41.2 Å². The van der Waals surface area contributed by atoms with Gasteiger partial charge in [0.25, 0.3) is 5.91 Å². The van der Waals surface area contributed by atoms with Crippen molar-refractivity contribution in [3.63, 3.8) is 0 Å². The van der Waals surface area contributed by atoms with Crippen molar-refractivity contribution in [2.24, 2.45) is 21.7 Å². The van der Waals surface area contributed by atoms with Crippen LogP contribution in [0.2, 0.25) is 5.02 Å². The number of nitrogens with zero attached hydrogens (tertiary/aromatic N) is 5. The minimum absolute atomic E-state index is 0.0832. The molecule has 7 rings (SSSR count). The molecule has 0 radical (unpaired) electrons. The first kappa shape index (κ1) is 35.0. The summed E-state index contributed by atoms with van der Waals surface area (Å²) in [7, 11) is 0. The van der Waals surface area contributed by atoms with Gasteiger partial charge in [0.2, 0.25) is 0 Å². The Hall–Kier alpha value is -4.39. The van der Waals surface area contributed by atoms with E-state index in [1.807, 2.05) is 30.5 Å². The highest BCUT2D eigenvalue weighted by atomic mass is 35.5. The average molecular weight is 707 g/mol. The molecule has 0 aromatic heterocycles. The molecule has 1 N–H and O–H groups in total. The van der Waals surface area contributed by atoms with Crippen LogP contribution in [0.1, 0.15) is 72.4 Å². The standard InChI is InChI=1S/C41H47ClN6O3/c1-40(2)38(41(3,4)39(40)51-31-13-10-29(23-43)34(42)22-31)45-37(50)28-8-11-30(12-9-28)47-16-14-27(15-17-47)26-46-18-20-48(21-19-46)35-7-5-6-32-33(35)24-44-25-36(32)49/h5-13,22,24,27,38-39H,14-21,25-26H2,1-4H3,(H,45,50). The maximum atomic E-state index is 13.5. The fourth-order valence-corrected chi connectivity index (χ4v) is 9.27. The molecule has 3 fully saturated rings. The Balaban J connectivity index is 0.877.